The molecule has 13 heavy (non-hydrogen) atoms. The molecule has 0 aromatic carbocycles. The molecule has 0 fully saturated rings. The van der Waals surface area contributed by atoms with Crippen molar-refractivity contribution in [2.75, 3.05) is 0 Å². The van der Waals surface area contributed by atoms with Crippen LogP contribution in [0.1, 0.15) is 5.82 Å². The highest BCUT2D eigenvalue weighted by molar-refractivity contribution is 5.76. The van der Waals surface area contributed by atoms with Crippen molar-refractivity contribution in [1.82, 2.24) is 19.7 Å². The third kappa shape index (κ3) is 1.28. The minimum absolute atomic E-state index is 0.543. The molecule has 2 N–H and O–H groups in total. The molecule has 2 amide bonds. The van der Waals surface area contributed by atoms with Crippen molar-refractivity contribution in [3.05, 3.63) is 24.6 Å². The summed E-state index contributed by atoms with van der Waals surface area (Å²) in [6.07, 6.45) is 7.74. The van der Waals surface area contributed by atoms with Crippen LogP contribution in [0.2, 0.25) is 0 Å². The van der Waals surface area contributed by atoms with E-state index >= 15 is 0 Å². The third-order valence-electron chi connectivity index (χ3n) is 1.61. The van der Waals surface area contributed by atoms with E-state index in [1.54, 1.807) is 17.0 Å². The lowest BCUT2D eigenvalue weighted by atomic mass is 10.5. The van der Waals surface area contributed by atoms with Gasteiger partial charge in [0.25, 0.3) is 0 Å². The van der Waals surface area contributed by atoms with Crippen LogP contribution >= 0.6 is 0 Å². The number of fused-ring (bicyclic) bond motifs is 1. The normalized spacial score (nSPS) is 14.0. The number of hydrogen-bond donors (Lipinski definition) is 1. The first-order chi connectivity index (χ1) is 6.27. The van der Waals surface area contributed by atoms with Gasteiger partial charge in [0.2, 0.25) is 0 Å². The summed E-state index contributed by atoms with van der Waals surface area (Å²) in [6, 6.07) is -0.543. The van der Waals surface area contributed by atoms with Crippen LogP contribution in [0.4, 0.5) is 4.79 Å². The molecule has 0 bridgehead atoms. The van der Waals surface area contributed by atoms with E-state index in [0.717, 1.165) is 0 Å². The molecule has 0 saturated heterocycles. The predicted molar refractivity (Wildman–Crippen MR) is 45.8 cm³/mol. The van der Waals surface area contributed by atoms with Gasteiger partial charge in [-0.1, -0.05) is 0 Å². The number of urea groups is 1. The number of carbonyl (C=O) groups excluding carboxylic acids is 1. The van der Waals surface area contributed by atoms with Gasteiger partial charge in [0.05, 0.1) is 0 Å². The number of rotatable bonds is 0. The lowest BCUT2D eigenvalue weighted by molar-refractivity contribution is 0.235. The summed E-state index contributed by atoms with van der Waals surface area (Å²) in [4.78, 5) is 16.0. The van der Waals surface area contributed by atoms with E-state index in [1.165, 1.54) is 23.6 Å². The maximum absolute atomic E-state index is 10.8. The van der Waals surface area contributed by atoms with Crippen molar-refractivity contribution in [1.29, 1.82) is 0 Å². The molecule has 1 aromatic heterocycles. The monoisotopic (exact) mass is 177 g/mol. The van der Waals surface area contributed by atoms with Crippen molar-refractivity contribution in [3.8, 4) is 0 Å². The van der Waals surface area contributed by atoms with Crippen LogP contribution in [0, 0.1) is 0 Å². The number of amides is 2. The Bertz CT molecular complexity index is 363. The summed E-state index contributed by atoms with van der Waals surface area (Å²) in [7, 11) is 0. The summed E-state index contributed by atoms with van der Waals surface area (Å²) in [5.41, 5.74) is 5.07. The molecular weight excluding hydrogens is 170 g/mol. The SMILES string of the molecule is NC(=O)N1C=Cc2ncnn2C=C1. The van der Waals surface area contributed by atoms with Gasteiger partial charge >= 0.3 is 6.03 Å². The summed E-state index contributed by atoms with van der Waals surface area (Å²) in [5.74, 6) is 0.653. The molecule has 0 radical (unpaired) electrons. The summed E-state index contributed by atoms with van der Waals surface area (Å²) in [6.45, 7) is 0. The fourth-order valence-corrected chi connectivity index (χ4v) is 0.972. The number of hydrogen-bond acceptors (Lipinski definition) is 3. The van der Waals surface area contributed by atoms with Crippen LogP contribution < -0.4 is 5.73 Å². The first-order valence-corrected chi connectivity index (χ1v) is 3.61. The molecule has 2 rings (SSSR count). The van der Waals surface area contributed by atoms with Crippen molar-refractivity contribution in [2.45, 2.75) is 0 Å². The van der Waals surface area contributed by atoms with Crippen molar-refractivity contribution < 1.29 is 4.79 Å². The number of nitrogens with zero attached hydrogens (tertiary/aromatic N) is 4. The summed E-state index contributed by atoms with van der Waals surface area (Å²) in [5, 5.41) is 3.90. The van der Waals surface area contributed by atoms with E-state index < -0.39 is 6.03 Å². The van der Waals surface area contributed by atoms with Crippen molar-refractivity contribution in [3.63, 3.8) is 0 Å². The first kappa shape index (κ1) is 7.53. The van der Waals surface area contributed by atoms with Crippen LogP contribution in [0.5, 0.6) is 0 Å². The van der Waals surface area contributed by atoms with Crippen LogP contribution in [0.15, 0.2) is 18.7 Å². The maximum Gasteiger partial charge on any atom is 0.322 e. The molecule has 0 spiro atoms. The lowest BCUT2D eigenvalue weighted by Gasteiger charge is -2.06. The summed E-state index contributed by atoms with van der Waals surface area (Å²) >= 11 is 0. The molecule has 0 aliphatic carbocycles. The Balaban J connectivity index is 2.37. The standard InChI is InChI=1S/C7H7N5O/c8-7(13)11-2-1-6-9-5-10-12(6)4-3-11/h1-5H,(H2,8,13). The zero-order chi connectivity index (χ0) is 9.26. The number of carbonyl (C=O) groups is 1. The van der Waals surface area contributed by atoms with Gasteiger partial charge in [-0.05, 0) is 6.08 Å². The highest BCUT2D eigenvalue weighted by atomic mass is 16.2. The van der Waals surface area contributed by atoms with Gasteiger partial charge in [-0.2, -0.15) is 5.10 Å². The molecular formula is C7H7N5O. The zero-order valence-electron chi connectivity index (χ0n) is 6.66. The maximum atomic E-state index is 10.8. The topological polar surface area (TPSA) is 77.0 Å². The van der Waals surface area contributed by atoms with Crippen molar-refractivity contribution >= 4 is 18.3 Å². The van der Waals surface area contributed by atoms with Crippen LogP contribution in [-0.2, 0) is 0 Å². The number of nitrogens with two attached hydrogens (primary N) is 1. The van der Waals surface area contributed by atoms with Gasteiger partial charge in [-0.25, -0.2) is 14.5 Å². The molecule has 1 aromatic rings. The average molecular weight is 177 g/mol. The highest BCUT2D eigenvalue weighted by Crippen LogP contribution is 2.05. The molecule has 2 heterocycles. The number of aromatic nitrogens is 3. The lowest BCUT2D eigenvalue weighted by Crippen LogP contribution is -2.25. The molecule has 6 nitrogen and oxygen atoms in total. The Morgan fingerprint density at radius 2 is 2.23 bits per heavy atom. The van der Waals surface area contributed by atoms with Crippen LogP contribution in [0.25, 0.3) is 12.3 Å². The Morgan fingerprint density at radius 3 is 3.00 bits per heavy atom. The van der Waals surface area contributed by atoms with E-state index in [0.29, 0.717) is 5.82 Å². The van der Waals surface area contributed by atoms with Gasteiger partial charge in [0, 0.05) is 18.6 Å². The third-order valence-corrected chi connectivity index (χ3v) is 1.61. The highest BCUT2D eigenvalue weighted by Gasteiger charge is 2.06. The van der Waals surface area contributed by atoms with Gasteiger partial charge in [-0.15, -0.1) is 0 Å². The molecule has 0 unspecified atom stereocenters. The second kappa shape index (κ2) is 2.74. The van der Waals surface area contributed by atoms with E-state index in [2.05, 4.69) is 10.1 Å². The van der Waals surface area contributed by atoms with E-state index in [4.69, 9.17) is 5.73 Å². The van der Waals surface area contributed by atoms with Gasteiger partial charge < -0.3 is 5.73 Å². The van der Waals surface area contributed by atoms with Crippen molar-refractivity contribution in [2.24, 2.45) is 5.73 Å². The van der Waals surface area contributed by atoms with Gasteiger partial charge in [0.1, 0.15) is 6.33 Å². The molecule has 1 aliphatic rings. The second-order valence-electron chi connectivity index (χ2n) is 2.42. The fraction of sp³-hybridized carbons (Fsp3) is 0. The Hall–Kier alpha value is -2.11. The molecule has 66 valence electrons. The molecule has 1 aliphatic heterocycles. The van der Waals surface area contributed by atoms with Gasteiger partial charge in [0.15, 0.2) is 5.82 Å². The fourth-order valence-electron chi connectivity index (χ4n) is 0.972. The minimum atomic E-state index is -0.543. The predicted octanol–water partition coefficient (Wildman–Crippen LogP) is 0.0713. The van der Waals surface area contributed by atoms with Crippen LogP contribution in [0.3, 0.4) is 0 Å². The Kier molecular flexibility index (Phi) is 1.59. The van der Waals surface area contributed by atoms with E-state index in [9.17, 15) is 4.79 Å². The van der Waals surface area contributed by atoms with E-state index in [-0.39, 0.29) is 0 Å². The van der Waals surface area contributed by atoms with E-state index in [1.807, 2.05) is 0 Å². The molecule has 0 saturated carbocycles. The minimum Gasteiger partial charge on any atom is -0.351 e. The van der Waals surface area contributed by atoms with Crippen LogP contribution in [-0.4, -0.2) is 25.7 Å². The first-order valence-electron chi connectivity index (χ1n) is 3.61. The molecule has 6 heteroatoms. The van der Waals surface area contributed by atoms with Gasteiger partial charge in [-0.3, -0.25) is 4.90 Å². The Labute approximate surface area is 74.0 Å². The second-order valence-corrected chi connectivity index (χ2v) is 2.42. The average Bonchev–Trinajstić information content (AvgIpc) is 2.44. The molecule has 0 atom stereocenters. The zero-order valence-corrected chi connectivity index (χ0v) is 6.66. The largest absolute Gasteiger partial charge is 0.351 e. The summed E-state index contributed by atoms with van der Waals surface area (Å²) < 4.78 is 1.54. The quantitative estimate of drug-likeness (QED) is 0.609. The smallest absolute Gasteiger partial charge is 0.322 e. The Morgan fingerprint density at radius 1 is 1.38 bits per heavy atom. The number of primary amides is 1.